The van der Waals surface area contributed by atoms with Crippen molar-refractivity contribution in [1.29, 1.82) is 0 Å². The summed E-state index contributed by atoms with van der Waals surface area (Å²) in [4.78, 5) is 16.5. The van der Waals surface area contributed by atoms with Crippen molar-refractivity contribution in [2.75, 3.05) is 5.32 Å². The summed E-state index contributed by atoms with van der Waals surface area (Å²) in [6.07, 6.45) is 0.479. The normalized spacial score (nSPS) is 25.9. The molecule has 6 heteroatoms. The molecule has 1 amide bonds. The second-order valence-electron chi connectivity index (χ2n) is 5.96. The fourth-order valence-corrected chi connectivity index (χ4v) is 3.20. The van der Waals surface area contributed by atoms with E-state index in [0.717, 1.165) is 5.69 Å². The maximum absolute atomic E-state index is 12.1. The number of rotatable bonds is 2. The SMILES string of the molecule is CC(C)(C)c1csc(NC(=O)[C@]2(C)CC2(Cl)Cl)n1. The van der Waals surface area contributed by atoms with E-state index in [2.05, 4.69) is 31.1 Å². The Balaban J connectivity index is 2.08. The van der Waals surface area contributed by atoms with Crippen molar-refractivity contribution in [3.63, 3.8) is 0 Å². The number of anilines is 1. The zero-order valence-electron chi connectivity index (χ0n) is 10.8. The second-order valence-corrected chi connectivity index (χ2v) is 8.30. The molecule has 0 radical (unpaired) electrons. The van der Waals surface area contributed by atoms with Crippen LogP contribution in [-0.2, 0) is 10.2 Å². The van der Waals surface area contributed by atoms with Crippen molar-refractivity contribution in [3.8, 4) is 0 Å². The minimum absolute atomic E-state index is 0.0221. The Labute approximate surface area is 121 Å². The van der Waals surface area contributed by atoms with Crippen LogP contribution in [0.4, 0.5) is 5.13 Å². The van der Waals surface area contributed by atoms with Crippen molar-refractivity contribution in [2.24, 2.45) is 5.41 Å². The quantitative estimate of drug-likeness (QED) is 0.840. The first-order valence-corrected chi connectivity index (χ1v) is 7.35. The molecule has 2 rings (SSSR count). The fourth-order valence-electron chi connectivity index (χ4n) is 1.56. The number of hydrogen-bond acceptors (Lipinski definition) is 3. The van der Waals surface area contributed by atoms with Gasteiger partial charge in [-0.15, -0.1) is 34.5 Å². The maximum Gasteiger partial charge on any atom is 0.235 e. The number of thiazole rings is 1. The van der Waals surface area contributed by atoms with E-state index in [1.54, 1.807) is 6.92 Å². The number of carbonyl (C=O) groups excluding carboxylic acids is 1. The van der Waals surface area contributed by atoms with Gasteiger partial charge in [0.1, 0.15) is 4.33 Å². The molecule has 0 bridgehead atoms. The molecule has 1 fully saturated rings. The average molecular weight is 307 g/mol. The van der Waals surface area contributed by atoms with Crippen LogP contribution in [0.15, 0.2) is 5.38 Å². The van der Waals surface area contributed by atoms with E-state index >= 15 is 0 Å². The number of halogens is 2. The molecular weight excluding hydrogens is 291 g/mol. The van der Waals surface area contributed by atoms with E-state index in [-0.39, 0.29) is 11.3 Å². The lowest BCUT2D eigenvalue weighted by molar-refractivity contribution is -0.120. The lowest BCUT2D eigenvalue weighted by atomic mass is 9.93. The van der Waals surface area contributed by atoms with Gasteiger partial charge in [0.15, 0.2) is 5.13 Å². The van der Waals surface area contributed by atoms with E-state index in [9.17, 15) is 4.79 Å². The number of carbonyl (C=O) groups is 1. The summed E-state index contributed by atoms with van der Waals surface area (Å²) in [6, 6.07) is 0. The molecule has 18 heavy (non-hydrogen) atoms. The van der Waals surface area contributed by atoms with Crippen molar-refractivity contribution < 1.29 is 4.79 Å². The predicted molar refractivity (Wildman–Crippen MR) is 76.6 cm³/mol. The number of nitrogens with one attached hydrogen (secondary N) is 1. The first-order valence-electron chi connectivity index (χ1n) is 5.71. The number of nitrogens with zero attached hydrogens (tertiary/aromatic N) is 1. The highest BCUT2D eigenvalue weighted by Gasteiger charge is 2.68. The second kappa shape index (κ2) is 4.09. The largest absolute Gasteiger partial charge is 0.301 e. The monoisotopic (exact) mass is 306 g/mol. The van der Waals surface area contributed by atoms with Gasteiger partial charge in [0.05, 0.1) is 11.1 Å². The Morgan fingerprint density at radius 2 is 2.06 bits per heavy atom. The van der Waals surface area contributed by atoms with Crippen LogP contribution in [0, 0.1) is 5.41 Å². The van der Waals surface area contributed by atoms with Gasteiger partial charge in [0, 0.05) is 10.8 Å². The first kappa shape index (κ1) is 14.1. The van der Waals surface area contributed by atoms with Crippen LogP contribution in [0.1, 0.15) is 39.8 Å². The Morgan fingerprint density at radius 3 is 2.44 bits per heavy atom. The summed E-state index contributed by atoms with van der Waals surface area (Å²) in [5.41, 5.74) is 0.238. The Morgan fingerprint density at radius 1 is 1.50 bits per heavy atom. The molecular formula is C12H16Cl2N2OS. The molecule has 1 aromatic heterocycles. The Bertz CT molecular complexity index is 493. The minimum Gasteiger partial charge on any atom is -0.301 e. The highest BCUT2D eigenvalue weighted by atomic mass is 35.5. The van der Waals surface area contributed by atoms with Crippen LogP contribution < -0.4 is 5.32 Å². The molecule has 3 nitrogen and oxygen atoms in total. The third kappa shape index (κ3) is 2.38. The lowest BCUT2D eigenvalue weighted by Gasteiger charge is -2.14. The van der Waals surface area contributed by atoms with Crippen molar-refractivity contribution >= 4 is 45.6 Å². The Kier molecular flexibility index (Phi) is 3.20. The molecule has 0 aromatic carbocycles. The van der Waals surface area contributed by atoms with Gasteiger partial charge in [-0.05, 0) is 13.3 Å². The summed E-state index contributed by atoms with van der Waals surface area (Å²) >= 11 is 13.4. The summed E-state index contributed by atoms with van der Waals surface area (Å²) in [5.74, 6) is -0.165. The van der Waals surface area contributed by atoms with E-state index in [1.165, 1.54) is 11.3 Å². The molecule has 1 N–H and O–H groups in total. The maximum atomic E-state index is 12.1. The molecule has 1 aliphatic carbocycles. The predicted octanol–water partition coefficient (Wildman–Crippen LogP) is 3.96. The fraction of sp³-hybridized carbons (Fsp3) is 0.667. The van der Waals surface area contributed by atoms with E-state index in [0.29, 0.717) is 11.6 Å². The Hall–Kier alpha value is -0.320. The molecule has 100 valence electrons. The third-order valence-electron chi connectivity index (χ3n) is 3.25. The lowest BCUT2D eigenvalue weighted by Crippen LogP contribution is -2.26. The number of amides is 1. The molecule has 1 aliphatic rings. The topological polar surface area (TPSA) is 42.0 Å². The molecule has 1 saturated carbocycles. The first-order chi connectivity index (χ1) is 8.06. The average Bonchev–Trinajstić information content (AvgIpc) is 2.62. The summed E-state index contributed by atoms with van der Waals surface area (Å²) in [7, 11) is 0. The van der Waals surface area contributed by atoms with Gasteiger partial charge in [-0.3, -0.25) is 4.79 Å². The van der Waals surface area contributed by atoms with Crippen LogP contribution in [0.25, 0.3) is 0 Å². The highest BCUT2D eigenvalue weighted by molar-refractivity contribution is 7.14. The molecule has 1 aromatic rings. The molecule has 0 unspecified atom stereocenters. The smallest absolute Gasteiger partial charge is 0.235 e. The van der Waals surface area contributed by atoms with Gasteiger partial charge in [-0.2, -0.15) is 0 Å². The van der Waals surface area contributed by atoms with E-state index in [4.69, 9.17) is 23.2 Å². The molecule has 1 heterocycles. The summed E-state index contributed by atoms with van der Waals surface area (Å²) in [5, 5.41) is 5.35. The molecule has 0 spiro atoms. The van der Waals surface area contributed by atoms with E-state index in [1.807, 2.05) is 5.38 Å². The number of hydrogen-bond donors (Lipinski definition) is 1. The van der Waals surface area contributed by atoms with Gasteiger partial charge < -0.3 is 5.32 Å². The standard InChI is InChI=1S/C12H16Cl2N2OS/c1-10(2,3)7-5-18-9(15-7)16-8(17)11(4)6-12(11,13)14/h5H,6H2,1-4H3,(H,15,16,17)/t11-/m0/s1. The van der Waals surface area contributed by atoms with Crippen molar-refractivity contribution in [1.82, 2.24) is 4.98 Å². The summed E-state index contributed by atoms with van der Waals surface area (Å²) < 4.78 is -0.943. The number of alkyl halides is 2. The zero-order valence-corrected chi connectivity index (χ0v) is 13.1. The zero-order chi connectivity index (χ0) is 13.8. The van der Waals surface area contributed by atoms with Gasteiger partial charge in [0.2, 0.25) is 5.91 Å². The van der Waals surface area contributed by atoms with Crippen LogP contribution in [0.5, 0.6) is 0 Å². The minimum atomic E-state index is -0.943. The van der Waals surface area contributed by atoms with Gasteiger partial charge in [-0.25, -0.2) is 4.98 Å². The molecule has 0 aliphatic heterocycles. The molecule has 0 saturated heterocycles. The van der Waals surface area contributed by atoms with Gasteiger partial charge >= 0.3 is 0 Å². The van der Waals surface area contributed by atoms with Crippen LogP contribution >= 0.6 is 34.5 Å². The van der Waals surface area contributed by atoms with Crippen LogP contribution in [0.3, 0.4) is 0 Å². The van der Waals surface area contributed by atoms with Crippen LogP contribution in [0.2, 0.25) is 0 Å². The highest BCUT2D eigenvalue weighted by Crippen LogP contribution is 2.64. The van der Waals surface area contributed by atoms with Crippen LogP contribution in [-0.4, -0.2) is 15.2 Å². The van der Waals surface area contributed by atoms with Gasteiger partial charge in [0.25, 0.3) is 0 Å². The number of aromatic nitrogens is 1. The van der Waals surface area contributed by atoms with Gasteiger partial charge in [-0.1, -0.05) is 20.8 Å². The third-order valence-corrected chi connectivity index (χ3v) is 5.11. The van der Waals surface area contributed by atoms with E-state index < -0.39 is 9.75 Å². The van der Waals surface area contributed by atoms with Crippen molar-refractivity contribution in [2.45, 2.75) is 43.9 Å². The summed E-state index contributed by atoms with van der Waals surface area (Å²) in [6.45, 7) is 8.01. The molecule has 1 atom stereocenters. The van der Waals surface area contributed by atoms with Crippen molar-refractivity contribution in [3.05, 3.63) is 11.1 Å².